The zero-order valence-electron chi connectivity index (χ0n) is 7.81. The number of carbonyl (C=O) groups excluding carboxylic acids is 1. The number of hydrogen-bond acceptors (Lipinski definition) is 2. The van der Waals surface area contributed by atoms with Crippen molar-refractivity contribution in [3.63, 3.8) is 0 Å². The Hall–Kier alpha value is -0.900. The number of carbonyl (C=O) groups is 1. The number of nitrogens with zero attached hydrogens (tertiary/aromatic N) is 1. The zero-order valence-corrected chi connectivity index (χ0v) is 9.40. The molecular formula is C9H11BrN2O. The van der Waals surface area contributed by atoms with E-state index in [0.717, 1.165) is 15.7 Å². The van der Waals surface area contributed by atoms with Gasteiger partial charge >= 0.3 is 0 Å². The Labute approximate surface area is 85.7 Å². The van der Waals surface area contributed by atoms with Crippen LogP contribution in [0.2, 0.25) is 0 Å². The molecule has 0 fully saturated rings. The van der Waals surface area contributed by atoms with Crippen molar-refractivity contribution in [2.75, 3.05) is 5.32 Å². The van der Waals surface area contributed by atoms with Crippen LogP contribution in [0.3, 0.4) is 0 Å². The normalized spacial score (nSPS) is 9.85. The fourth-order valence-corrected chi connectivity index (χ4v) is 1.26. The van der Waals surface area contributed by atoms with Crippen LogP contribution >= 0.6 is 15.9 Å². The lowest BCUT2D eigenvalue weighted by molar-refractivity contribution is -0.114. The Morgan fingerprint density at radius 3 is 2.62 bits per heavy atom. The number of amides is 1. The van der Waals surface area contributed by atoms with Gasteiger partial charge in [-0.1, -0.05) is 0 Å². The predicted octanol–water partition coefficient (Wildman–Crippen LogP) is 2.42. The summed E-state index contributed by atoms with van der Waals surface area (Å²) in [6.45, 7) is 5.32. The first kappa shape index (κ1) is 10.2. The quantitative estimate of drug-likeness (QED) is 0.822. The molecule has 4 heteroatoms. The van der Waals surface area contributed by atoms with Crippen LogP contribution in [0.5, 0.6) is 0 Å². The molecule has 0 unspecified atom stereocenters. The molecule has 0 saturated carbocycles. The Morgan fingerprint density at radius 1 is 1.54 bits per heavy atom. The van der Waals surface area contributed by atoms with E-state index in [2.05, 4.69) is 26.2 Å². The maximum atomic E-state index is 10.8. The summed E-state index contributed by atoms with van der Waals surface area (Å²) in [7, 11) is 0. The highest BCUT2D eigenvalue weighted by atomic mass is 79.9. The van der Waals surface area contributed by atoms with Crippen molar-refractivity contribution in [2.45, 2.75) is 20.8 Å². The van der Waals surface area contributed by atoms with Gasteiger partial charge < -0.3 is 5.32 Å². The summed E-state index contributed by atoms with van der Waals surface area (Å²) in [5.74, 6) is 0.499. The number of nitrogens with one attached hydrogen (secondary N) is 1. The first-order valence-electron chi connectivity index (χ1n) is 3.92. The molecule has 1 amide bonds. The van der Waals surface area contributed by atoms with Crippen molar-refractivity contribution >= 4 is 27.7 Å². The van der Waals surface area contributed by atoms with Gasteiger partial charge in [0, 0.05) is 11.4 Å². The maximum Gasteiger partial charge on any atom is 0.222 e. The number of rotatable bonds is 1. The van der Waals surface area contributed by atoms with E-state index in [1.807, 2.05) is 19.9 Å². The standard InChI is InChI=1S/C9H11BrN2O/c1-5-4-8(12-7(3)13)11-6(2)9(5)10/h4H,1-3H3,(H,11,12,13). The summed E-state index contributed by atoms with van der Waals surface area (Å²) in [6, 6.07) is 1.83. The molecule has 0 aliphatic carbocycles. The molecular weight excluding hydrogens is 232 g/mol. The molecule has 0 saturated heterocycles. The molecule has 1 rings (SSSR count). The SMILES string of the molecule is CC(=O)Nc1cc(C)c(Br)c(C)n1. The van der Waals surface area contributed by atoms with Gasteiger partial charge in [-0.25, -0.2) is 4.98 Å². The van der Waals surface area contributed by atoms with E-state index in [-0.39, 0.29) is 5.91 Å². The fourth-order valence-electron chi connectivity index (χ4n) is 1.06. The van der Waals surface area contributed by atoms with Gasteiger partial charge in [0.15, 0.2) is 0 Å². The largest absolute Gasteiger partial charge is 0.311 e. The summed E-state index contributed by atoms with van der Waals surface area (Å²) >= 11 is 3.40. The number of aryl methyl sites for hydroxylation is 2. The third-order valence-electron chi connectivity index (χ3n) is 1.61. The van der Waals surface area contributed by atoms with Crippen molar-refractivity contribution in [1.29, 1.82) is 0 Å². The second-order valence-corrected chi connectivity index (χ2v) is 3.70. The third-order valence-corrected chi connectivity index (χ3v) is 2.81. The Balaban J connectivity index is 3.06. The van der Waals surface area contributed by atoms with E-state index in [1.54, 1.807) is 0 Å². The minimum atomic E-state index is -0.103. The third kappa shape index (κ3) is 2.52. The highest BCUT2D eigenvalue weighted by Gasteiger charge is 2.04. The number of hydrogen-bond donors (Lipinski definition) is 1. The molecule has 0 aliphatic heterocycles. The lowest BCUT2D eigenvalue weighted by Gasteiger charge is -2.06. The van der Waals surface area contributed by atoms with Gasteiger partial charge in [0.2, 0.25) is 5.91 Å². The fraction of sp³-hybridized carbons (Fsp3) is 0.333. The van der Waals surface area contributed by atoms with Gasteiger partial charge in [-0.2, -0.15) is 0 Å². The highest BCUT2D eigenvalue weighted by Crippen LogP contribution is 2.21. The van der Waals surface area contributed by atoms with Crippen molar-refractivity contribution in [1.82, 2.24) is 4.98 Å². The van der Waals surface area contributed by atoms with Crippen LogP contribution in [0, 0.1) is 13.8 Å². The number of anilines is 1. The van der Waals surface area contributed by atoms with Gasteiger partial charge in [-0.15, -0.1) is 0 Å². The van der Waals surface area contributed by atoms with E-state index >= 15 is 0 Å². The molecule has 0 aliphatic rings. The Bertz CT molecular complexity index is 326. The second-order valence-electron chi connectivity index (χ2n) is 2.90. The molecule has 13 heavy (non-hydrogen) atoms. The second kappa shape index (κ2) is 3.87. The number of aromatic nitrogens is 1. The minimum Gasteiger partial charge on any atom is -0.311 e. The first-order valence-corrected chi connectivity index (χ1v) is 4.71. The average Bonchev–Trinajstić information content (AvgIpc) is 1.98. The number of halogens is 1. The summed E-state index contributed by atoms with van der Waals surface area (Å²) in [5, 5.41) is 2.64. The highest BCUT2D eigenvalue weighted by molar-refractivity contribution is 9.10. The van der Waals surface area contributed by atoms with Gasteiger partial charge in [0.05, 0.1) is 5.69 Å². The van der Waals surface area contributed by atoms with Crippen LogP contribution in [-0.2, 0) is 4.79 Å². The van der Waals surface area contributed by atoms with Crippen molar-refractivity contribution in [3.05, 3.63) is 21.8 Å². The molecule has 70 valence electrons. The smallest absolute Gasteiger partial charge is 0.222 e. The zero-order chi connectivity index (χ0) is 10.0. The maximum absolute atomic E-state index is 10.8. The van der Waals surface area contributed by atoms with Crippen molar-refractivity contribution in [2.24, 2.45) is 0 Å². The molecule has 3 nitrogen and oxygen atoms in total. The monoisotopic (exact) mass is 242 g/mol. The molecule has 0 atom stereocenters. The van der Waals surface area contributed by atoms with Crippen LogP contribution in [0.25, 0.3) is 0 Å². The molecule has 1 N–H and O–H groups in total. The van der Waals surface area contributed by atoms with E-state index in [4.69, 9.17) is 0 Å². The Kier molecular flexibility index (Phi) is 3.03. The van der Waals surface area contributed by atoms with Gasteiger partial charge in [-0.05, 0) is 41.4 Å². The Morgan fingerprint density at radius 2 is 2.15 bits per heavy atom. The summed E-state index contributed by atoms with van der Waals surface area (Å²) in [5.41, 5.74) is 1.94. The lowest BCUT2D eigenvalue weighted by Crippen LogP contribution is -2.08. The number of pyridine rings is 1. The summed E-state index contributed by atoms with van der Waals surface area (Å²) in [4.78, 5) is 15.0. The molecule has 0 radical (unpaired) electrons. The summed E-state index contributed by atoms with van der Waals surface area (Å²) < 4.78 is 0.988. The predicted molar refractivity (Wildman–Crippen MR) is 55.7 cm³/mol. The van der Waals surface area contributed by atoms with Crippen LogP contribution in [0.4, 0.5) is 5.82 Å². The minimum absolute atomic E-state index is 0.103. The molecule has 1 aromatic rings. The molecule has 1 aromatic heterocycles. The molecule has 0 aromatic carbocycles. The van der Waals surface area contributed by atoms with Crippen LogP contribution in [0.15, 0.2) is 10.5 Å². The van der Waals surface area contributed by atoms with Gasteiger partial charge in [0.25, 0.3) is 0 Å². The summed E-state index contributed by atoms with van der Waals surface area (Å²) in [6.07, 6.45) is 0. The lowest BCUT2D eigenvalue weighted by atomic mass is 10.2. The van der Waals surface area contributed by atoms with E-state index in [0.29, 0.717) is 5.82 Å². The topological polar surface area (TPSA) is 42.0 Å². The molecule has 0 spiro atoms. The van der Waals surface area contributed by atoms with Crippen LogP contribution in [0.1, 0.15) is 18.2 Å². The van der Waals surface area contributed by atoms with Crippen LogP contribution in [-0.4, -0.2) is 10.9 Å². The van der Waals surface area contributed by atoms with E-state index < -0.39 is 0 Å². The molecule has 0 bridgehead atoms. The van der Waals surface area contributed by atoms with Crippen molar-refractivity contribution < 1.29 is 4.79 Å². The average molecular weight is 243 g/mol. The van der Waals surface area contributed by atoms with Gasteiger partial charge in [0.1, 0.15) is 5.82 Å². The van der Waals surface area contributed by atoms with Gasteiger partial charge in [-0.3, -0.25) is 4.79 Å². The van der Waals surface area contributed by atoms with E-state index in [9.17, 15) is 4.79 Å². The first-order chi connectivity index (χ1) is 6.00. The van der Waals surface area contributed by atoms with Crippen molar-refractivity contribution in [3.8, 4) is 0 Å². The van der Waals surface area contributed by atoms with Crippen LogP contribution < -0.4 is 5.32 Å². The van der Waals surface area contributed by atoms with E-state index in [1.165, 1.54) is 6.92 Å². The molecule has 1 heterocycles.